The van der Waals surface area contributed by atoms with Gasteiger partial charge in [-0.2, -0.15) is 26.3 Å². The molecule has 2 aromatic carbocycles. The Morgan fingerprint density at radius 1 is 0.923 bits per heavy atom. The fourth-order valence-corrected chi connectivity index (χ4v) is 4.65. The highest BCUT2D eigenvalue weighted by molar-refractivity contribution is 5.71. The number of piperidine rings is 1. The van der Waals surface area contributed by atoms with Crippen LogP contribution < -0.4 is 5.32 Å². The number of alkyl halides is 8. The fourth-order valence-electron chi connectivity index (χ4n) is 4.65. The largest absolute Gasteiger partial charge is 0.481 e. The fraction of sp³-hybridized carbons (Fsp3) is 0.464. The number of aliphatic carboxylic acids is 1. The molecule has 1 fully saturated rings. The Morgan fingerprint density at radius 2 is 1.38 bits per heavy atom. The molecule has 0 amide bonds. The summed E-state index contributed by atoms with van der Waals surface area (Å²) in [4.78, 5) is 12.2. The van der Waals surface area contributed by atoms with Gasteiger partial charge < -0.3 is 10.4 Å². The second-order valence-corrected chi connectivity index (χ2v) is 10.6. The molecular formula is C28H27F8NO2. The van der Waals surface area contributed by atoms with Gasteiger partial charge in [0.1, 0.15) is 0 Å². The lowest BCUT2D eigenvalue weighted by molar-refractivity contribution is -0.164. The average molecular weight is 562 g/mol. The van der Waals surface area contributed by atoms with E-state index in [1.54, 1.807) is 20.8 Å². The van der Waals surface area contributed by atoms with Crippen molar-refractivity contribution in [3.8, 4) is 11.8 Å². The van der Waals surface area contributed by atoms with Crippen molar-refractivity contribution in [3.05, 3.63) is 70.8 Å². The van der Waals surface area contributed by atoms with Crippen molar-refractivity contribution in [2.24, 2.45) is 17.3 Å². The van der Waals surface area contributed by atoms with Gasteiger partial charge in [0.15, 0.2) is 0 Å². The lowest BCUT2D eigenvalue weighted by Crippen LogP contribution is -2.52. The lowest BCUT2D eigenvalue weighted by Gasteiger charge is -2.45. The van der Waals surface area contributed by atoms with E-state index >= 15 is 8.78 Å². The number of benzene rings is 2. The summed E-state index contributed by atoms with van der Waals surface area (Å²) >= 11 is 0. The quantitative estimate of drug-likeness (QED) is 0.288. The van der Waals surface area contributed by atoms with E-state index in [0.717, 1.165) is 36.4 Å². The number of hydrogen-bond acceptors (Lipinski definition) is 2. The number of carboxylic acid groups (broad SMARTS) is 1. The van der Waals surface area contributed by atoms with Gasteiger partial charge in [-0.25, -0.2) is 8.78 Å². The predicted octanol–water partition coefficient (Wildman–Crippen LogP) is 7.89. The summed E-state index contributed by atoms with van der Waals surface area (Å²) < 4.78 is 110. The molecule has 0 aromatic heterocycles. The number of nitrogens with one attached hydrogen (secondary N) is 1. The van der Waals surface area contributed by atoms with Crippen LogP contribution in [0.15, 0.2) is 48.5 Å². The summed E-state index contributed by atoms with van der Waals surface area (Å²) in [6.07, 6.45) is -10.7. The van der Waals surface area contributed by atoms with E-state index in [1.807, 2.05) is 0 Å². The highest BCUT2D eigenvalue weighted by atomic mass is 19.4. The molecule has 0 spiro atoms. The molecule has 0 radical (unpaired) electrons. The summed E-state index contributed by atoms with van der Waals surface area (Å²) in [7, 11) is 0. The van der Waals surface area contributed by atoms with Crippen molar-refractivity contribution in [1.29, 1.82) is 0 Å². The second kappa shape index (κ2) is 10.8. The van der Waals surface area contributed by atoms with Crippen molar-refractivity contribution < 1.29 is 45.0 Å². The Balaban J connectivity index is 2.07. The predicted molar refractivity (Wildman–Crippen MR) is 128 cm³/mol. The van der Waals surface area contributed by atoms with Crippen LogP contribution in [0.2, 0.25) is 0 Å². The number of rotatable bonds is 5. The minimum absolute atomic E-state index is 0.0145. The zero-order valence-corrected chi connectivity index (χ0v) is 21.2. The van der Waals surface area contributed by atoms with Crippen LogP contribution >= 0.6 is 0 Å². The van der Waals surface area contributed by atoms with Gasteiger partial charge in [0.05, 0.1) is 23.0 Å². The summed E-state index contributed by atoms with van der Waals surface area (Å²) in [5.41, 5.74) is -2.45. The van der Waals surface area contributed by atoms with E-state index in [0.29, 0.717) is 12.1 Å². The van der Waals surface area contributed by atoms with Crippen LogP contribution in [0.25, 0.3) is 0 Å². The monoisotopic (exact) mass is 561 g/mol. The van der Waals surface area contributed by atoms with E-state index in [9.17, 15) is 36.2 Å². The van der Waals surface area contributed by atoms with Crippen LogP contribution in [-0.4, -0.2) is 17.0 Å². The van der Waals surface area contributed by atoms with E-state index in [1.165, 1.54) is 0 Å². The smallest absolute Gasteiger partial charge is 0.416 e. The van der Waals surface area contributed by atoms with Gasteiger partial charge in [-0.15, -0.1) is 5.92 Å². The van der Waals surface area contributed by atoms with Crippen molar-refractivity contribution >= 4 is 5.97 Å². The molecule has 1 aliphatic heterocycles. The standard InChI is InChI=1S/C28H27F8NO2/c1-25(2,3)14-4-5-20(24(38)39)22-23(17-8-12-19(13-9-17)28(34,35)36)37-21(15-26(22,29)30)16-6-10-18(11-7-16)27(31,32)33/h6-13,20-23,37H,5,15H2,1-3H3,(H,38,39). The van der Waals surface area contributed by atoms with Gasteiger partial charge in [0.2, 0.25) is 0 Å². The summed E-state index contributed by atoms with van der Waals surface area (Å²) in [5.74, 6) is -3.35. The van der Waals surface area contributed by atoms with Crippen molar-refractivity contribution in [1.82, 2.24) is 5.32 Å². The maximum absolute atomic E-state index is 15.8. The molecule has 2 N–H and O–H groups in total. The van der Waals surface area contributed by atoms with Crippen LogP contribution in [0.5, 0.6) is 0 Å². The first-order valence-corrected chi connectivity index (χ1v) is 12.0. The van der Waals surface area contributed by atoms with Crippen LogP contribution in [0.3, 0.4) is 0 Å². The maximum atomic E-state index is 15.8. The van der Waals surface area contributed by atoms with Crippen LogP contribution in [0.4, 0.5) is 35.1 Å². The van der Waals surface area contributed by atoms with E-state index in [4.69, 9.17) is 0 Å². The molecule has 0 saturated carbocycles. The third-order valence-corrected chi connectivity index (χ3v) is 6.48. The molecule has 1 heterocycles. The first kappa shape index (κ1) is 30.4. The molecule has 3 rings (SSSR count). The van der Waals surface area contributed by atoms with Crippen molar-refractivity contribution in [3.63, 3.8) is 0 Å². The SMILES string of the molecule is CC(C)(C)C#CCC(C(=O)O)C1C(c2ccc(C(F)(F)F)cc2)NC(c2ccc(C(F)(F)F)cc2)CC1(F)F. The average Bonchev–Trinajstić information content (AvgIpc) is 2.79. The third-order valence-electron chi connectivity index (χ3n) is 6.48. The van der Waals surface area contributed by atoms with E-state index < -0.39 is 77.5 Å². The molecule has 4 atom stereocenters. The maximum Gasteiger partial charge on any atom is 0.416 e. The van der Waals surface area contributed by atoms with Gasteiger partial charge in [-0.1, -0.05) is 30.2 Å². The molecule has 4 unspecified atom stereocenters. The van der Waals surface area contributed by atoms with Gasteiger partial charge >= 0.3 is 18.3 Å². The normalized spacial score (nSPS) is 22.5. The summed E-state index contributed by atoms with van der Waals surface area (Å²) in [5, 5.41) is 12.8. The molecule has 39 heavy (non-hydrogen) atoms. The summed E-state index contributed by atoms with van der Waals surface area (Å²) in [6, 6.07) is 4.35. The van der Waals surface area contributed by atoms with E-state index in [2.05, 4.69) is 17.2 Å². The van der Waals surface area contributed by atoms with Crippen LogP contribution in [0.1, 0.15) is 68.0 Å². The minimum Gasteiger partial charge on any atom is -0.481 e. The molecule has 1 aliphatic rings. The first-order chi connectivity index (χ1) is 17.8. The Hall–Kier alpha value is -3.13. The molecule has 0 aliphatic carbocycles. The second-order valence-electron chi connectivity index (χ2n) is 10.6. The molecule has 0 bridgehead atoms. The Morgan fingerprint density at radius 3 is 1.79 bits per heavy atom. The summed E-state index contributed by atoms with van der Waals surface area (Å²) in [6.45, 7) is 5.27. The molecular weight excluding hydrogens is 534 g/mol. The first-order valence-electron chi connectivity index (χ1n) is 12.0. The molecule has 3 nitrogen and oxygen atoms in total. The highest BCUT2D eigenvalue weighted by Crippen LogP contribution is 2.50. The lowest BCUT2D eigenvalue weighted by atomic mass is 9.71. The number of carbonyl (C=O) groups is 1. The Labute approximate surface area is 220 Å². The third kappa shape index (κ3) is 7.50. The number of carboxylic acids is 1. The van der Waals surface area contributed by atoms with Crippen LogP contribution in [-0.2, 0) is 17.1 Å². The minimum atomic E-state index is -4.68. The van der Waals surface area contributed by atoms with Crippen molar-refractivity contribution in [2.75, 3.05) is 0 Å². The van der Waals surface area contributed by atoms with Gasteiger partial charge in [0, 0.05) is 30.3 Å². The van der Waals surface area contributed by atoms with E-state index in [-0.39, 0.29) is 11.1 Å². The van der Waals surface area contributed by atoms with Gasteiger partial charge in [-0.3, -0.25) is 4.79 Å². The molecule has 11 heteroatoms. The van der Waals surface area contributed by atoms with Gasteiger partial charge in [0.25, 0.3) is 5.92 Å². The zero-order valence-electron chi connectivity index (χ0n) is 21.2. The molecule has 212 valence electrons. The zero-order chi connectivity index (χ0) is 29.4. The van der Waals surface area contributed by atoms with Gasteiger partial charge in [-0.05, 0) is 56.2 Å². The number of halogens is 8. The van der Waals surface area contributed by atoms with Crippen LogP contribution in [0, 0.1) is 29.1 Å². The number of hydrogen-bond donors (Lipinski definition) is 2. The highest BCUT2D eigenvalue weighted by Gasteiger charge is 2.55. The molecule has 1 saturated heterocycles. The van der Waals surface area contributed by atoms with Crippen molar-refractivity contribution in [2.45, 2.75) is 64.0 Å². The topological polar surface area (TPSA) is 49.3 Å². The Bertz CT molecular complexity index is 1220. The Kier molecular flexibility index (Phi) is 8.42. The molecule has 2 aromatic rings.